The number of hydrogen-bond donors (Lipinski definition) is 0. The Kier molecular flexibility index (Phi) is 5.45. The van der Waals surface area contributed by atoms with Crippen LogP contribution in [0.2, 0.25) is 0 Å². The standard InChI is InChI=1S/C21H20O6/c1-4-25-14-9-10-19-16(11-14)13(2)20(27-19)21(23)26-12-17(22)15-7-5-6-8-18(15)24-3/h5-11H,4,12H2,1-3H3. The lowest BCUT2D eigenvalue weighted by Gasteiger charge is -2.07. The van der Waals surface area contributed by atoms with Gasteiger partial charge in [0, 0.05) is 10.9 Å². The van der Waals surface area contributed by atoms with Crippen molar-refractivity contribution in [2.75, 3.05) is 20.3 Å². The lowest BCUT2D eigenvalue weighted by atomic mass is 10.1. The molecule has 6 nitrogen and oxygen atoms in total. The summed E-state index contributed by atoms with van der Waals surface area (Å²) in [6.45, 7) is 3.80. The highest BCUT2D eigenvalue weighted by atomic mass is 16.5. The number of furan rings is 1. The van der Waals surface area contributed by atoms with E-state index in [4.69, 9.17) is 18.6 Å². The van der Waals surface area contributed by atoms with Crippen LogP contribution in [0.15, 0.2) is 46.9 Å². The van der Waals surface area contributed by atoms with E-state index in [9.17, 15) is 9.59 Å². The third-order valence-electron chi connectivity index (χ3n) is 4.15. The second-order valence-electron chi connectivity index (χ2n) is 5.85. The number of esters is 1. The van der Waals surface area contributed by atoms with Gasteiger partial charge in [0.15, 0.2) is 6.61 Å². The van der Waals surface area contributed by atoms with Crippen LogP contribution < -0.4 is 9.47 Å². The van der Waals surface area contributed by atoms with E-state index in [2.05, 4.69) is 0 Å². The van der Waals surface area contributed by atoms with E-state index in [1.165, 1.54) is 7.11 Å². The Morgan fingerprint density at radius 3 is 2.63 bits per heavy atom. The summed E-state index contributed by atoms with van der Waals surface area (Å²) in [4.78, 5) is 24.7. The van der Waals surface area contributed by atoms with Gasteiger partial charge in [0.25, 0.3) is 0 Å². The van der Waals surface area contributed by atoms with Crippen molar-refractivity contribution >= 4 is 22.7 Å². The Morgan fingerprint density at radius 2 is 1.89 bits per heavy atom. The lowest BCUT2D eigenvalue weighted by molar-refractivity contribution is 0.0444. The summed E-state index contributed by atoms with van der Waals surface area (Å²) in [5, 5.41) is 0.768. The van der Waals surface area contributed by atoms with Gasteiger partial charge in [0.1, 0.15) is 17.1 Å². The Bertz CT molecular complexity index is 986. The Balaban J connectivity index is 1.76. The van der Waals surface area contributed by atoms with Crippen molar-refractivity contribution in [3.8, 4) is 11.5 Å². The topological polar surface area (TPSA) is 75.0 Å². The van der Waals surface area contributed by atoms with Crippen molar-refractivity contribution < 1.29 is 28.2 Å². The Hall–Kier alpha value is -3.28. The average Bonchev–Trinajstić information content (AvgIpc) is 3.02. The number of rotatable bonds is 7. The predicted octanol–water partition coefficient (Wildman–Crippen LogP) is 4.19. The molecule has 0 aliphatic rings. The second kappa shape index (κ2) is 7.95. The van der Waals surface area contributed by atoms with Crippen LogP contribution >= 0.6 is 0 Å². The van der Waals surface area contributed by atoms with Gasteiger partial charge >= 0.3 is 5.97 Å². The average molecular weight is 368 g/mol. The van der Waals surface area contributed by atoms with Crippen molar-refractivity contribution in [2.45, 2.75) is 13.8 Å². The van der Waals surface area contributed by atoms with Gasteiger partial charge in [0.05, 0.1) is 19.3 Å². The molecule has 0 saturated carbocycles. The third-order valence-corrected chi connectivity index (χ3v) is 4.15. The molecule has 3 rings (SSSR count). The minimum atomic E-state index is -0.690. The maximum atomic E-state index is 12.4. The number of hydrogen-bond acceptors (Lipinski definition) is 6. The normalized spacial score (nSPS) is 10.6. The van der Waals surface area contributed by atoms with Gasteiger partial charge in [-0.05, 0) is 44.2 Å². The molecule has 0 aliphatic heterocycles. The highest BCUT2D eigenvalue weighted by Crippen LogP contribution is 2.29. The maximum absolute atomic E-state index is 12.4. The number of carbonyl (C=O) groups excluding carboxylic acids is 2. The summed E-state index contributed by atoms with van der Waals surface area (Å²) in [6.07, 6.45) is 0. The molecular formula is C21H20O6. The molecule has 0 bridgehead atoms. The summed E-state index contributed by atoms with van der Waals surface area (Å²) < 4.78 is 21.4. The molecule has 0 radical (unpaired) electrons. The van der Waals surface area contributed by atoms with Gasteiger partial charge in [-0.3, -0.25) is 4.79 Å². The minimum absolute atomic E-state index is 0.0754. The van der Waals surface area contributed by atoms with Crippen molar-refractivity contribution in [3.05, 3.63) is 59.4 Å². The molecule has 0 aliphatic carbocycles. The SMILES string of the molecule is CCOc1ccc2oc(C(=O)OCC(=O)c3ccccc3OC)c(C)c2c1. The number of methoxy groups -OCH3 is 1. The largest absolute Gasteiger partial charge is 0.496 e. The zero-order valence-electron chi connectivity index (χ0n) is 15.4. The number of para-hydroxylation sites is 1. The minimum Gasteiger partial charge on any atom is -0.496 e. The Morgan fingerprint density at radius 1 is 1.11 bits per heavy atom. The molecule has 0 N–H and O–H groups in total. The molecular weight excluding hydrogens is 348 g/mol. The van der Waals surface area contributed by atoms with Gasteiger partial charge in [-0.2, -0.15) is 0 Å². The van der Waals surface area contributed by atoms with E-state index in [1.807, 2.05) is 13.0 Å². The number of ketones is 1. The highest BCUT2D eigenvalue weighted by molar-refractivity contribution is 6.02. The molecule has 140 valence electrons. The van der Waals surface area contributed by atoms with Crippen LogP contribution in [0.4, 0.5) is 0 Å². The van der Waals surface area contributed by atoms with Gasteiger partial charge < -0.3 is 18.6 Å². The fraction of sp³-hybridized carbons (Fsp3) is 0.238. The van der Waals surface area contributed by atoms with Gasteiger partial charge in [-0.25, -0.2) is 4.79 Å². The van der Waals surface area contributed by atoms with Crippen molar-refractivity contribution in [1.82, 2.24) is 0 Å². The number of Topliss-reactive ketones (excluding diaryl/α,β-unsaturated/α-hetero) is 1. The zero-order chi connectivity index (χ0) is 19.4. The number of carbonyl (C=O) groups is 2. The second-order valence-corrected chi connectivity index (χ2v) is 5.85. The van der Waals surface area contributed by atoms with Crippen LogP contribution in [-0.4, -0.2) is 32.1 Å². The molecule has 0 spiro atoms. The van der Waals surface area contributed by atoms with Crippen LogP contribution in [0, 0.1) is 6.92 Å². The number of aryl methyl sites for hydroxylation is 1. The molecule has 27 heavy (non-hydrogen) atoms. The van der Waals surface area contributed by atoms with E-state index < -0.39 is 12.6 Å². The molecule has 0 unspecified atom stereocenters. The summed E-state index contributed by atoms with van der Waals surface area (Å²) in [5.74, 6) is 0.159. The molecule has 2 aromatic carbocycles. The summed E-state index contributed by atoms with van der Waals surface area (Å²) in [5.41, 5.74) is 1.55. The first-order valence-corrected chi connectivity index (χ1v) is 8.54. The summed E-state index contributed by atoms with van der Waals surface area (Å²) >= 11 is 0. The molecule has 0 amide bonds. The molecule has 1 aromatic heterocycles. The maximum Gasteiger partial charge on any atom is 0.375 e. The van der Waals surface area contributed by atoms with Crippen molar-refractivity contribution in [3.63, 3.8) is 0 Å². The molecule has 0 saturated heterocycles. The predicted molar refractivity (Wildman–Crippen MR) is 99.7 cm³/mol. The van der Waals surface area contributed by atoms with E-state index in [0.717, 1.165) is 5.39 Å². The highest BCUT2D eigenvalue weighted by Gasteiger charge is 2.21. The molecule has 3 aromatic rings. The van der Waals surface area contributed by atoms with E-state index in [0.29, 0.717) is 34.8 Å². The van der Waals surface area contributed by atoms with Gasteiger partial charge in [-0.15, -0.1) is 0 Å². The first kappa shape index (κ1) is 18.5. The fourth-order valence-corrected chi connectivity index (χ4v) is 2.80. The quantitative estimate of drug-likeness (QED) is 0.460. The summed E-state index contributed by atoms with van der Waals surface area (Å²) in [7, 11) is 1.48. The van der Waals surface area contributed by atoms with Crippen LogP contribution in [0.5, 0.6) is 11.5 Å². The third kappa shape index (κ3) is 3.79. The lowest BCUT2D eigenvalue weighted by Crippen LogP contribution is -2.15. The monoisotopic (exact) mass is 368 g/mol. The number of fused-ring (bicyclic) bond motifs is 1. The smallest absolute Gasteiger partial charge is 0.375 e. The van der Waals surface area contributed by atoms with Crippen LogP contribution in [0.25, 0.3) is 11.0 Å². The number of benzene rings is 2. The van der Waals surface area contributed by atoms with Crippen LogP contribution in [0.3, 0.4) is 0 Å². The Labute approximate surface area is 156 Å². The molecule has 6 heteroatoms. The van der Waals surface area contributed by atoms with Crippen LogP contribution in [-0.2, 0) is 4.74 Å². The van der Waals surface area contributed by atoms with Gasteiger partial charge in [-0.1, -0.05) is 12.1 Å². The zero-order valence-corrected chi connectivity index (χ0v) is 15.4. The summed E-state index contributed by atoms with van der Waals surface area (Å²) in [6, 6.07) is 12.1. The van der Waals surface area contributed by atoms with Gasteiger partial charge in [0.2, 0.25) is 11.5 Å². The molecule has 0 atom stereocenters. The first-order valence-electron chi connectivity index (χ1n) is 8.54. The molecule has 0 fully saturated rings. The number of ether oxygens (including phenoxy) is 3. The fourth-order valence-electron chi connectivity index (χ4n) is 2.80. The van der Waals surface area contributed by atoms with Crippen molar-refractivity contribution in [2.24, 2.45) is 0 Å². The molecule has 1 heterocycles. The van der Waals surface area contributed by atoms with E-state index in [1.54, 1.807) is 43.3 Å². The van der Waals surface area contributed by atoms with Crippen molar-refractivity contribution in [1.29, 1.82) is 0 Å². The van der Waals surface area contributed by atoms with E-state index in [-0.39, 0.29) is 11.5 Å². The van der Waals surface area contributed by atoms with Crippen LogP contribution in [0.1, 0.15) is 33.4 Å². The van der Waals surface area contributed by atoms with E-state index >= 15 is 0 Å². The first-order chi connectivity index (χ1) is 13.0.